The maximum atomic E-state index is 12.6. The molecule has 27 heavy (non-hydrogen) atoms. The lowest BCUT2D eigenvalue weighted by Gasteiger charge is -2.32. The van der Waals surface area contributed by atoms with Gasteiger partial charge in [0.25, 0.3) is 5.91 Å². The molecule has 1 aliphatic heterocycles. The highest BCUT2D eigenvalue weighted by Gasteiger charge is 2.34. The van der Waals surface area contributed by atoms with E-state index in [1.807, 2.05) is 32.0 Å². The number of ether oxygens (including phenoxy) is 3. The van der Waals surface area contributed by atoms with Gasteiger partial charge in [-0.1, -0.05) is 6.07 Å². The van der Waals surface area contributed by atoms with Crippen LogP contribution in [-0.2, 0) is 20.9 Å². The van der Waals surface area contributed by atoms with E-state index in [0.717, 1.165) is 29.8 Å². The summed E-state index contributed by atoms with van der Waals surface area (Å²) in [6.45, 7) is 6.07. The van der Waals surface area contributed by atoms with Crippen LogP contribution in [-0.4, -0.2) is 51.8 Å². The van der Waals surface area contributed by atoms with Gasteiger partial charge in [0.15, 0.2) is 17.5 Å². The van der Waals surface area contributed by atoms with Crippen molar-refractivity contribution in [2.75, 3.05) is 33.9 Å². The van der Waals surface area contributed by atoms with Crippen LogP contribution in [0.3, 0.4) is 0 Å². The van der Waals surface area contributed by atoms with Gasteiger partial charge in [-0.05, 0) is 44.4 Å². The van der Waals surface area contributed by atoms with Crippen molar-refractivity contribution in [3.8, 4) is 11.5 Å². The molecule has 0 aromatic heterocycles. The first-order valence-electron chi connectivity index (χ1n) is 9.50. The molecule has 7 nitrogen and oxygen atoms in total. The van der Waals surface area contributed by atoms with Gasteiger partial charge in [0.05, 0.1) is 33.9 Å². The van der Waals surface area contributed by atoms with Gasteiger partial charge in [-0.25, -0.2) is 0 Å². The molecule has 1 aromatic rings. The molecule has 0 spiro atoms. The van der Waals surface area contributed by atoms with Crippen LogP contribution >= 0.6 is 0 Å². The van der Waals surface area contributed by atoms with Gasteiger partial charge >= 0.3 is 5.97 Å². The third-order valence-corrected chi connectivity index (χ3v) is 5.10. The Morgan fingerprint density at radius 1 is 1.26 bits per heavy atom. The summed E-state index contributed by atoms with van der Waals surface area (Å²) in [5, 5.41) is 2.98. The SMILES string of the molecule is CCOC(=O)[C@H]1CCC[NH+]([C@@H](C)C(=O)NCc2ccc(OC)c(OC)c2)C1. The van der Waals surface area contributed by atoms with Crippen molar-refractivity contribution in [3.63, 3.8) is 0 Å². The summed E-state index contributed by atoms with van der Waals surface area (Å²) in [7, 11) is 3.17. The van der Waals surface area contributed by atoms with E-state index in [-0.39, 0.29) is 23.8 Å². The number of piperidine rings is 1. The van der Waals surface area contributed by atoms with Crippen molar-refractivity contribution in [1.82, 2.24) is 5.32 Å². The zero-order valence-corrected chi connectivity index (χ0v) is 16.7. The summed E-state index contributed by atoms with van der Waals surface area (Å²) < 4.78 is 15.7. The highest BCUT2D eigenvalue weighted by molar-refractivity contribution is 5.80. The normalized spacial score (nSPS) is 20.4. The lowest BCUT2D eigenvalue weighted by Crippen LogP contribution is -3.18. The molecular weight excluding hydrogens is 348 g/mol. The molecule has 1 aromatic carbocycles. The molecule has 2 N–H and O–H groups in total. The number of nitrogens with one attached hydrogen (secondary N) is 2. The number of likely N-dealkylation sites (tertiary alicyclic amines) is 1. The van der Waals surface area contributed by atoms with Crippen LogP contribution in [0.5, 0.6) is 11.5 Å². The second-order valence-electron chi connectivity index (χ2n) is 6.83. The summed E-state index contributed by atoms with van der Waals surface area (Å²) >= 11 is 0. The number of benzene rings is 1. The first-order valence-corrected chi connectivity index (χ1v) is 9.50. The Labute approximate surface area is 161 Å². The minimum absolute atomic E-state index is 0.0238. The lowest BCUT2D eigenvalue weighted by molar-refractivity contribution is -0.921. The molecule has 0 saturated carbocycles. The number of esters is 1. The van der Waals surface area contributed by atoms with E-state index in [9.17, 15) is 9.59 Å². The third-order valence-electron chi connectivity index (χ3n) is 5.10. The van der Waals surface area contributed by atoms with E-state index < -0.39 is 0 Å². The van der Waals surface area contributed by atoms with Gasteiger partial charge in [0.1, 0.15) is 5.92 Å². The second kappa shape index (κ2) is 10.2. The zero-order valence-electron chi connectivity index (χ0n) is 16.7. The number of quaternary nitrogens is 1. The number of hydrogen-bond acceptors (Lipinski definition) is 5. The Kier molecular flexibility index (Phi) is 7.91. The van der Waals surface area contributed by atoms with Crippen LogP contribution < -0.4 is 19.7 Å². The second-order valence-corrected chi connectivity index (χ2v) is 6.83. The number of methoxy groups -OCH3 is 2. The fourth-order valence-electron chi connectivity index (χ4n) is 3.47. The van der Waals surface area contributed by atoms with Gasteiger partial charge in [-0.15, -0.1) is 0 Å². The van der Waals surface area contributed by atoms with Crippen molar-refractivity contribution < 1.29 is 28.7 Å². The fourth-order valence-corrected chi connectivity index (χ4v) is 3.47. The molecule has 1 fully saturated rings. The molecule has 7 heteroatoms. The van der Waals surface area contributed by atoms with Crippen molar-refractivity contribution >= 4 is 11.9 Å². The Balaban J connectivity index is 1.90. The molecule has 3 atom stereocenters. The smallest absolute Gasteiger partial charge is 0.314 e. The standard InChI is InChI=1S/C20H30N2O5/c1-5-27-20(24)16-7-6-10-22(13-16)14(2)19(23)21-12-15-8-9-17(25-3)18(11-15)26-4/h8-9,11,14,16H,5-7,10,12-13H2,1-4H3,(H,21,23)/p+1/t14-,16-/m0/s1. The number of rotatable bonds is 8. The van der Waals surface area contributed by atoms with E-state index in [4.69, 9.17) is 14.2 Å². The Morgan fingerprint density at radius 2 is 2.00 bits per heavy atom. The third kappa shape index (κ3) is 5.60. The van der Waals surface area contributed by atoms with E-state index in [1.54, 1.807) is 14.2 Å². The topological polar surface area (TPSA) is 78.3 Å². The van der Waals surface area contributed by atoms with E-state index in [2.05, 4.69) is 5.32 Å². The quantitative estimate of drug-likeness (QED) is 0.646. The summed E-state index contributed by atoms with van der Waals surface area (Å²) in [5.41, 5.74) is 0.936. The minimum atomic E-state index is -0.220. The number of hydrogen-bond donors (Lipinski definition) is 2. The largest absolute Gasteiger partial charge is 0.493 e. The zero-order chi connectivity index (χ0) is 19.8. The van der Waals surface area contributed by atoms with Crippen LogP contribution in [0.4, 0.5) is 0 Å². The van der Waals surface area contributed by atoms with Gasteiger partial charge < -0.3 is 24.4 Å². The number of carbonyl (C=O) groups is 2. The molecule has 1 amide bonds. The van der Waals surface area contributed by atoms with Crippen LogP contribution in [0, 0.1) is 5.92 Å². The summed E-state index contributed by atoms with van der Waals surface area (Å²) in [6, 6.07) is 5.36. The summed E-state index contributed by atoms with van der Waals surface area (Å²) in [4.78, 5) is 25.7. The average molecular weight is 379 g/mol. The first kappa shape index (κ1) is 21.0. The molecule has 0 aliphatic carbocycles. The Hall–Kier alpha value is -2.28. The Bertz CT molecular complexity index is 649. The summed E-state index contributed by atoms with van der Waals surface area (Å²) in [5.74, 6) is 1.01. The minimum Gasteiger partial charge on any atom is -0.493 e. The van der Waals surface area contributed by atoms with Crippen molar-refractivity contribution in [1.29, 1.82) is 0 Å². The Morgan fingerprint density at radius 3 is 2.67 bits per heavy atom. The molecule has 1 aliphatic rings. The summed E-state index contributed by atoms with van der Waals surface area (Å²) in [6.07, 6.45) is 1.76. The van der Waals surface area contributed by atoms with Crippen LogP contribution in [0.15, 0.2) is 18.2 Å². The van der Waals surface area contributed by atoms with Crippen molar-refractivity contribution in [2.45, 2.75) is 39.3 Å². The van der Waals surface area contributed by atoms with Crippen LogP contribution in [0.1, 0.15) is 32.3 Å². The molecule has 1 unspecified atom stereocenters. The number of amides is 1. The first-order chi connectivity index (χ1) is 13.0. The maximum Gasteiger partial charge on any atom is 0.314 e. The highest BCUT2D eigenvalue weighted by atomic mass is 16.5. The fraction of sp³-hybridized carbons (Fsp3) is 0.600. The van der Waals surface area contributed by atoms with Gasteiger partial charge in [0.2, 0.25) is 0 Å². The van der Waals surface area contributed by atoms with E-state index >= 15 is 0 Å². The molecule has 150 valence electrons. The monoisotopic (exact) mass is 379 g/mol. The molecule has 2 rings (SSSR count). The van der Waals surface area contributed by atoms with E-state index in [1.165, 1.54) is 0 Å². The molecule has 1 saturated heterocycles. The molecule has 1 heterocycles. The lowest BCUT2D eigenvalue weighted by atomic mass is 9.97. The highest BCUT2D eigenvalue weighted by Crippen LogP contribution is 2.27. The predicted molar refractivity (Wildman–Crippen MR) is 101 cm³/mol. The van der Waals surface area contributed by atoms with E-state index in [0.29, 0.717) is 31.2 Å². The van der Waals surface area contributed by atoms with Crippen LogP contribution in [0.25, 0.3) is 0 Å². The molecular formula is C20H31N2O5+. The van der Waals surface area contributed by atoms with Crippen molar-refractivity contribution in [3.05, 3.63) is 23.8 Å². The van der Waals surface area contributed by atoms with Gasteiger partial charge in [-0.3, -0.25) is 9.59 Å². The molecule has 0 radical (unpaired) electrons. The average Bonchev–Trinajstić information content (AvgIpc) is 2.71. The molecule has 0 bridgehead atoms. The number of carbonyl (C=O) groups excluding carboxylic acids is 2. The maximum absolute atomic E-state index is 12.6. The van der Waals surface area contributed by atoms with Crippen LogP contribution in [0.2, 0.25) is 0 Å². The van der Waals surface area contributed by atoms with Crippen molar-refractivity contribution in [2.24, 2.45) is 5.92 Å². The van der Waals surface area contributed by atoms with Gasteiger partial charge in [-0.2, -0.15) is 0 Å². The van der Waals surface area contributed by atoms with Gasteiger partial charge in [0, 0.05) is 6.54 Å². The predicted octanol–water partition coefficient (Wildman–Crippen LogP) is 0.567.